The Hall–Kier alpha value is -15.0. The fourth-order valence-corrected chi connectivity index (χ4v) is 19.2. The third kappa shape index (κ3) is 9.94. The number of nitrogens with zero attached hydrogens (tertiary/aromatic N) is 4. The Morgan fingerprint density at radius 3 is 1.04 bits per heavy atom. The van der Waals surface area contributed by atoms with Gasteiger partial charge in [-0.1, -0.05) is 346 Å². The summed E-state index contributed by atoms with van der Waals surface area (Å²) in [4.78, 5) is 21.8. The standard InChI is InChI=1S/C108H66N4O2/c1-4-27-67(28-5-1)77-56-57-88(80-37-13-12-36-79(77)80)100-66-98(110-106(112-100)69-31-8-3-9-32-69)86-43-15-11-35-76(86)74-54-60-103-96(63-74)108(91-47-22-18-40-83(91)84-41-19-23-48-92(84)108)94-58-52-71(64-104(94)114-103)70-51-55-78-72(61-70)33-26-44-87(78)99-65-97(109-105(111-99)68-29-6-2-7-30-68)85-42-14-10-34-75(85)73-53-59-102-95(62-73)107(93-49-24-25-50-101(93)113-102)89-45-20-16-38-81(89)82-39-17-21-46-90(82)107/h1-66H. The molecule has 6 nitrogen and oxygen atoms in total. The molecule has 530 valence electrons. The molecule has 23 rings (SSSR count). The zero-order chi connectivity index (χ0) is 75.0. The zero-order valence-corrected chi connectivity index (χ0v) is 61.7. The number of hydrogen-bond acceptors (Lipinski definition) is 6. The maximum absolute atomic E-state index is 7.40. The van der Waals surface area contributed by atoms with Gasteiger partial charge in [-0.25, -0.2) is 19.9 Å². The molecule has 2 aromatic heterocycles. The highest BCUT2D eigenvalue weighted by atomic mass is 16.5. The molecule has 0 radical (unpaired) electrons. The van der Waals surface area contributed by atoms with E-state index >= 15 is 0 Å². The van der Waals surface area contributed by atoms with E-state index in [1.807, 2.05) is 12.1 Å². The van der Waals surface area contributed by atoms with Gasteiger partial charge in [0.25, 0.3) is 0 Å². The van der Waals surface area contributed by atoms with Gasteiger partial charge in [-0.3, -0.25) is 0 Å². The summed E-state index contributed by atoms with van der Waals surface area (Å²) < 4.78 is 14.3. The van der Waals surface area contributed by atoms with Crippen molar-refractivity contribution in [3.63, 3.8) is 0 Å². The second kappa shape index (κ2) is 25.8. The second-order valence-electron chi connectivity index (χ2n) is 30.1. The van der Waals surface area contributed by atoms with Gasteiger partial charge in [-0.2, -0.15) is 0 Å². The van der Waals surface area contributed by atoms with E-state index in [-0.39, 0.29) is 0 Å². The Morgan fingerprint density at radius 2 is 0.518 bits per heavy atom. The molecule has 2 aliphatic heterocycles. The van der Waals surface area contributed by atoms with Crippen LogP contribution in [0.1, 0.15) is 44.5 Å². The molecule has 114 heavy (non-hydrogen) atoms. The smallest absolute Gasteiger partial charge is 0.160 e. The van der Waals surface area contributed by atoms with Gasteiger partial charge >= 0.3 is 0 Å². The zero-order valence-electron chi connectivity index (χ0n) is 61.7. The number of rotatable bonds is 10. The van der Waals surface area contributed by atoms with E-state index in [0.717, 1.165) is 151 Å². The van der Waals surface area contributed by atoms with Crippen molar-refractivity contribution in [2.45, 2.75) is 10.8 Å². The van der Waals surface area contributed by atoms with E-state index in [0.29, 0.717) is 11.6 Å². The maximum atomic E-state index is 7.40. The minimum atomic E-state index is -0.747. The van der Waals surface area contributed by atoms with Crippen molar-refractivity contribution in [2.75, 3.05) is 0 Å². The van der Waals surface area contributed by atoms with Crippen LogP contribution in [0, 0.1) is 0 Å². The first kappa shape index (κ1) is 65.0. The lowest BCUT2D eigenvalue weighted by Crippen LogP contribution is -2.32. The average Bonchev–Trinajstić information content (AvgIpc) is 1.49. The number of aromatic nitrogens is 4. The molecule has 6 heteroatoms. The van der Waals surface area contributed by atoms with Crippen LogP contribution in [0.3, 0.4) is 0 Å². The molecule has 0 saturated carbocycles. The van der Waals surface area contributed by atoms with E-state index in [1.165, 1.54) is 61.0 Å². The molecule has 0 amide bonds. The predicted octanol–water partition coefficient (Wildman–Crippen LogP) is 27.2. The number of hydrogen-bond donors (Lipinski definition) is 0. The molecular formula is C108H66N4O2. The highest BCUT2D eigenvalue weighted by Gasteiger charge is 2.53. The van der Waals surface area contributed by atoms with Gasteiger partial charge in [-0.05, 0) is 165 Å². The lowest BCUT2D eigenvalue weighted by molar-refractivity contribution is 0.436. The van der Waals surface area contributed by atoms with Crippen molar-refractivity contribution in [3.8, 4) is 158 Å². The summed E-state index contributed by atoms with van der Waals surface area (Å²) in [7, 11) is 0. The molecular weight excluding hydrogens is 1390 g/mol. The third-order valence-electron chi connectivity index (χ3n) is 24.1. The summed E-state index contributed by atoms with van der Waals surface area (Å²) in [5, 5.41) is 4.45. The Bertz CT molecular complexity index is 7100. The van der Waals surface area contributed by atoms with Crippen LogP contribution in [0.4, 0.5) is 0 Å². The molecule has 19 aromatic rings. The number of para-hydroxylation sites is 1. The van der Waals surface area contributed by atoms with Crippen molar-refractivity contribution < 1.29 is 9.47 Å². The third-order valence-corrected chi connectivity index (χ3v) is 24.1. The van der Waals surface area contributed by atoms with Crippen LogP contribution in [0.25, 0.3) is 156 Å². The van der Waals surface area contributed by atoms with Crippen LogP contribution in [0.2, 0.25) is 0 Å². The Labute approximate surface area is 660 Å². The van der Waals surface area contributed by atoms with Crippen LogP contribution < -0.4 is 9.47 Å². The van der Waals surface area contributed by atoms with Gasteiger partial charge in [0, 0.05) is 55.6 Å². The summed E-state index contributed by atoms with van der Waals surface area (Å²) in [6, 6.07) is 144. The lowest BCUT2D eigenvalue weighted by Gasteiger charge is -2.40. The van der Waals surface area contributed by atoms with Gasteiger partial charge < -0.3 is 9.47 Å². The van der Waals surface area contributed by atoms with Crippen molar-refractivity contribution in [2.24, 2.45) is 0 Å². The summed E-state index contributed by atoms with van der Waals surface area (Å²) in [5.74, 6) is 4.62. The topological polar surface area (TPSA) is 70.0 Å². The normalized spacial score (nSPS) is 13.2. The molecule has 4 heterocycles. The second-order valence-corrected chi connectivity index (χ2v) is 30.1. The first-order valence-corrected chi connectivity index (χ1v) is 39.0. The number of fused-ring (bicyclic) bond motifs is 20. The summed E-state index contributed by atoms with van der Waals surface area (Å²) in [6.45, 7) is 0. The largest absolute Gasteiger partial charge is 0.457 e. The molecule has 17 aromatic carbocycles. The quantitative estimate of drug-likeness (QED) is 0.136. The summed E-state index contributed by atoms with van der Waals surface area (Å²) >= 11 is 0. The highest BCUT2D eigenvalue weighted by Crippen LogP contribution is 2.65. The minimum Gasteiger partial charge on any atom is -0.457 e. The summed E-state index contributed by atoms with van der Waals surface area (Å²) in [6.07, 6.45) is 0. The maximum Gasteiger partial charge on any atom is 0.160 e. The Kier molecular flexibility index (Phi) is 14.7. The van der Waals surface area contributed by atoms with Crippen molar-refractivity contribution >= 4 is 21.5 Å². The SMILES string of the molecule is c1ccc(-c2nc(-c3ccccc3-c3ccc4c(c3)C3(c5ccccc5O4)c4ccccc4-c4ccccc43)cc(-c3cccc4cc(-c5ccc6c(c5)Oc5ccc(-c7ccccc7-c7cc(-c8ccc(-c9ccccc9)c9ccccc89)nc(-c8ccccc8)n7)cc5C65c6ccccc6-c6ccccc65)ccc34)n2)cc1. The number of benzene rings is 17. The van der Waals surface area contributed by atoms with Crippen LogP contribution >= 0.6 is 0 Å². The minimum absolute atomic E-state index is 0.615. The van der Waals surface area contributed by atoms with E-state index in [9.17, 15) is 0 Å². The van der Waals surface area contributed by atoms with Crippen molar-refractivity contribution in [1.82, 2.24) is 19.9 Å². The number of ether oxygens (including phenoxy) is 2. The molecule has 0 saturated heterocycles. The molecule has 2 spiro atoms. The van der Waals surface area contributed by atoms with E-state index in [2.05, 4.69) is 388 Å². The molecule has 4 aliphatic rings. The van der Waals surface area contributed by atoms with Crippen molar-refractivity contribution in [1.29, 1.82) is 0 Å². The predicted molar refractivity (Wildman–Crippen MR) is 462 cm³/mol. The van der Waals surface area contributed by atoms with Crippen molar-refractivity contribution in [3.05, 3.63) is 445 Å². The van der Waals surface area contributed by atoms with Crippen LogP contribution in [-0.4, -0.2) is 19.9 Å². The Morgan fingerprint density at radius 1 is 0.167 bits per heavy atom. The summed E-state index contributed by atoms with van der Waals surface area (Å²) in [5.41, 5.74) is 30.8. The van der Waals surface area contributed by atoms with Gasteiger partial charge in [-0.15, -0.1) is 0 Å². The molecule has 2 aliphatic carbocycles. The molecule has 0 N–H and O–H groups in total. The van der Waals surface area contributed by atoms with E-state index in [1.54, 1.807) is 0 Å². The first-order chi connectivity index (χ1) is 56.5. The fraction of sp³-hybridized carbons (Fsp3) is 0.0185. The molecule has 0 atom stereocenters. The van der Waals surface area contributed by atoms with Crippen LogP contribution in [-0.2, 0) is 10.8 Å². The molecule has 0 fully saturated rings. The van der Waals surface area contributed by atoms with Gasteiger partial charge in [0.2, 0.25) is 0 Å². The van der Waals surface area contributed by atoms with Crippen LogP contribution in [0.5, 0.6) is 23.0 Å². The van der Waals surface area contributed by atoms with Gasteiger partial charge in [0.05, 0.1) is 33.6 Å². The van der Waals surface area contributed by atoms with E-state index < -0.39 is 10.8 Å². The fourth-order valence-electron chi connectivity index (χ4n) is 19.2. The average molecular weight is 1450 g/mol. The molecule has 0 bridgehead atoms. The Balaban J connectivity index is 0.627. The highest BCUT2D eigenvalue weighted by molar-refractivity contribution is 6.06. The van der Waals surface area contributed by atoms with Gasteiger partial charge in [0.15, 0.2) is 11.6 Å². The lowest BCUT2D eigenvalue weighted by atomic mass is 9.65. The van der Waals surface area contributed by atoms with E-state index in [4.69, 9.17) is 29.4 Å². The van der Waals surface area contributed by atoms with Crippen LogP contribution in [0.15, 0.2) is 400 Å². The van der Waals surface area contributed by atoms with Gasteiger partial charge in [0.1, 0.15) is 23.0 Å². The molecule has 0 unspecified atom stereocenters. The first-order valence-electron chi connectivity index (χ1n) is 39.0. The monoisotopic (exact) mass is 1450 g/mol.